The first kappa shape index (κ1) is 18.0. The highest BCUT2D eigenvalue weighted by atomic mass is 16.1. The fraction of sp³-hybridized carbons (Fsp3) is 0.107. The van der Waals surface area contributed by atoms with E-state index >= 15 is 0 Å². The molecule has 4 aromatic carbocycles. The van der Waals surface area contributed by atoms with Gasteiger partial charge in [0.15, 0.2) is 5.43 Å². The molecular formula is C28H22N2O. The first-order chi connectivity index (χ1) is 15.1. The van der Waals surface area contributed by atoms with Gasteiger partial charge in [0.2, 0.25) is 0 Å². The molecule has 0 atom stereocenters. The molecule has 0 aliphatic carbocycles. The van der Waals surface area contributed by atoms with Crippen molar-refractivity contribution in [2.24, 2.45) is 0 Å². The van der Waals surface area contributed by atoms with Crippen LogP contribution in [0.4, 0.5) is 17.1 Å². The van der Waals surface area contributed by atoms with Gasteiger partial charge in [0.1, 0.15) is 0 Å². The Morgan fingerprint density at radius 2 is 1.26 bits per heavy atom. The van der Waals surface area contributed by atoms with Crippen LogP contribution in [-0.2, 0) is 5.41 Å². The Labute approximate surface area is 180 Å². The van der Waals surface area contributed by atoms with Crippen LogP contribution in [0.2, 0.25) is 0 Å². The van der Waals surface area contributed by atoms with E-state index in [0.29, 0.717) is 5.39 Å². The van der Waals surface area contributed by atoms with E-state index in [0.717, 1.165) is 22.1 Å². The SMILES string of the molecule is CC1(C)c2ccccc2N(c2ccc3c(=O)c4ccccc4[nH]c3c2)c2ccccc21. The summed E-state index contributed by atoms with van der Waals surface area (Å²) in [6, 6.07) is 31.0. The predicted octanol–water partition coefficient (Wildman–Crippen LogP) is 6.79. The van der Waals surface area contributed by atoms with Crippen LogP contribution in [0.5, 0.6) is 0 Å². The van der Waals surface area contributed by atoms with Gasteiger partial charge in [-0.05, 0) is 53.6 Å². The number of nitrogens with zero attached hydrogens (tertiary/aromatic N) is 1. The molecule has 3 heteroatoms. The number of aromatic nitrogens is 1. The van der Waals surface area contributed by atoms with Crippen LogP contribution in [0.1, 0.15) is 25.0 Å². The van der Waals surface area contributed by atoms with Gasteiger partial charge in [-0.1, -0.05) is 62.4 Å². The van der Waals surface area contributed by atoms with Crippen molar-refractivity contribution >= 4 is 38.9 Å². The fourth-order valence-corrected chi connectivity index (χ4v) is 5.00. The van der Waals surface area contributed by atoms with Gasteiger partial charge in [-0.15, -0.1) is 0 Å². The summed E-state index contributed by atoms with van der Waals surface area (Å²) in [6.07, 6.45) is 0. The number of nitrogens with one attached hydrogen (secondary N) is 1. The Morgan fingerprint density at radius 3 is 1.97 bits per heavy atom. The molecule has 1 N–H and O–H groups in total. The molecule has 0 amide bonds. The van der Waals surface area contributed by atoms with Crippen LogP contribution in [-0.4, -0.2) is 4.98 Å². The Kier molecular flexibility index (Phi) is 3.66. The van der Waals surface area contributed by atoms with Crippen LogP contribution in [0.25, 0.3) is 21.8 Å². The predicted molar refractivity (Wildman–Crippen MR) is 129 cm³/mol. The van der Waals surface area contributed by atoms with Crippen molar-refractivity contribution in [3.63, 3.8) is 0 Å². The molecule has 31 heavy (non-hydrogen) atoms. The van der Waals surface area contributed by atoms with Crippen molar-refractivity contribution in [1.82, 2.24) is 4.98 Å². The topological polar surface area (TPSA) is 36.1 Å². The lowest BCUT2D eigenvalue weighted by atomic mass is 9.73. The molecule has 3 nitrogen and oxygen atoms in total. The maximum absolute atomic E-state index is 13.0. The van der Waals surface area contributed by atoms with E-state index < -0.39 is 0 Å². The number of aromatic amines is 1. The van der Waals surface area contributed by atoms with Crippen molar-refractivity contribution in [2.75, 3.05) is 4.90 Å². The van der Waals surface area contributed by atoms with Crippen molar-refractivity contribution in [1.29, 1.82) is 0 Å². The van der Waals surface area contributed by atoms with Crippen LogP contribution < -0.4 is 10.3 Å². The zero-order valence-corrected chi connectivity index (χ0v) is 17.5. The molecule has 6 rings (SSSR count). The Bertz CT molecular complexity index is 1490. The maximum Gasteiger partial charge on any atom is 0.197 e. The minimum absolute atomic E-state index is 0.0662. The van der Waals surface area contributed by atoms with Crippen LogP contribution >= 0.6 is 0 Å². The number of hydrogen-bond acceptors (Lipinski definition) is 2. The van der Waals surface area contributed by atoms with Gasteiger partial charge in [-0.25, -0.2) is 0 Å². The summed E-state index contributed by atoms with van der Waals surface area (Å²) in [5.74, 6) is 0. The van der Waals surface area contributed by atoms with E-state index in [4.69, 9.17) is 0 Å². The monoisotopic (exact) mass is 402 g/mol. The lowest BCUT2D eigenvalue weighted by molar-refractivity contribution is 0.632. The second-order valence-electron chi connectivity index (χ2n) is 8.72. The summed E-state index contributed by atoms with van der Waals surface area (Å²) in [7, 11) is 0. The fourth-order valence-electron chi connectivity index (χ4n) is 5.00. The van der Waals surface area contributed by atoms with E-state index in [9.17, 15) is 4.79 Å². The van der Waals surface area contributed by atoms with Gasteiger partial charge in [-0.2, -0.15) is 0 Å². The molecular weight excluding hydrogens is 380 g/mol. The Hall–Kier alpha value is -3.85. The third kappa shape index (κ3) is 2.50. The maximum atomic E-state index is 13.0. The number of fused-ring (bicyclic) bond motifs is 4. The first-order valence-corrected chi connectivity index (χ1v) is 10.6. The molecule has 1 aliphatic rings. The average molecular weight is 402 g/mol. The molecule has 5 aromatic rings. The molecule has 0 spiro atoms. The minimum Gasteiger partial charge on any atom is -0.354 e. The lowest BCUT2D eigenvalue weighted by Gasteiger charge is -2.42. The molecule has 0 saturated heterocycles. The van der Waals surface area contributed by atoms with Gasteiger partial charge in [0.25, 0.3) is 0 Å². The van der Waals surface area contributed by atoms with Gasteiger partial charge in [0, 0.05) is 27.4 Å². The number of H-pyrrole nitrogens is 1. The van der Waals surface area contributed by atoms with Crippen molar-refractivity contribution in [3.05, 3.63) is 112 Å². The summed E-state index contributed by atoms with van der Waals surface area (Å²) >= 11 is 0. The van der Waals surface area contributed by atoms with Gasteiger partial charge >= 0.3 is 0 Å². The Balaban J connectivity index is 1.65. The number of pyridine rings is 1. The summed E-state index contributed by atoms with van der Waals surface area (Å²) in [6.45, 7) is 4.57. The van der Waals surface area contributed by atoms with Crippen molar-refractivity contribution in [3.8, 4) is 0 Å². The standard InChI is InChI=1S/C28H22N2O/c1-28(2)21-10-4-7-13-25(21)30(26-14-8-5-11-22(26)28)18-15-16-20-24(17-18)29-23-12-6-3-9-19(23)27(20)31/h3-17H,1-2H3,(H,29,31). The quantitative estimate of drug-likeness (QED) is 0.313. The smallest absolute Gasteiger partial charge is 0.197 e. The molecule has 0 bridgehead atoms. The van der Waals surface area contributed by atoms with Crippen molar-refractivity contribution < 1.29 is 0 Å². The summed E-state index contributed by atoms with van der Waals surface area (Å²) < 4.78 is 0. The summed E-state index contributed by atoms with van der Waals surface area (Å²) in [5, 5.41) is 1.43. The van der Waals surface area contributed by atoms with Gasteiger partial charge < -0.3 is 9.88 Å². The molecule has 150 valence electrons. The molecule has 0 radical (unpaired) electrons. The molecule has 1 aliphatic heterocycles. The van der Waals surface area contributed by atoms with Gasteiger partial charge in [0.05, 0.1) is 16.9 Å². The van der Waals surface area contributed by atoms with Crippen LogP contribution in [0.15, 0.2) is 95.8 Å². The van der Waals surface area contributed by atoms with E-state index in [-0.39, 0.29) is 10.8 Å². The third-order valence-corrected chi connectivity index (χ3v) is 6.58. The number of benzene rings is 4. The second kappa shape index (κ2) is 6.32. The molecule has 0 saturated carbocycles. The van der Waals surface area contributed by atoms with E-state index in [1.807, 2.05) is 30.3 Å². The number of para-hydroxylation sites is 3. The lowest BCUT2D eigenvalue weighted by Crippen LogP contribution is -2.30. The van der Waals surface area contributed by atoms with Crippen molar-refractivity contribution in [2.45, 2.75) is 19.3 Å². The van der Waals surface area contributed by atoms with Crippen LogP contribution in [0.3, 0.4) is 0 Å². The van der Waals surface area contributed by atoms with Gasteiger partial charge in [-0.3, -0.25) is 4.79 Å². The normalized spacial score (nSPS) is 14.5. The largest absolute Gasteiger partial charge is 0.354 e. The average Bonchev–Trinajstić information content (AvgIpc) is 2.79. The highest BCUT2D eigenvalue weighted by Crippen LogP contribution is 2.51. The van der Waals surface area contributed by atoms with Crippen LogP contribution in [0, 0.1) is 0 Å². The van der Waals surface area contributed by atoms with E-state index in [1.54, 1.807) is 0 Å². The number of hydrogen-bond donors (Lipinski definition) is 1. The number of rotatable bonds is 1. The minimum atomic E-state index is -0.0922. The first-order valence-electron chi connectivity index (χ1n) is 10.6. The molecule has 0 unspecified atom stereocenters. The highest BCUT2D eigenvalue weighted by Gasteiger charge is 2.36. The molecule has 2 heterocycles. The highest BCUT2D eigenvalue weighted by molar-refractivity contribution is 5.96. The zero-order chi connectivity index (χ0) is 21.2. The second-order valence-corrected chi connectivity index (χ2v) is 8.72. The van der Waals surface area contributed by atoms with E-state index in [1.165, 1.54) is 22.5 Å². The summed E-state index contributed by atoms with van der Waals surface area (Å²) in [5.41, 5.74) is 7.65. The molecule has 0 fully saturated rings. The third-order valence-electron chi connectivity index (χ3n) is 6.58. The van der Waals surface area contributed by atoms with E-state index in [2.05, 4.69) is 84.4 Å². The Morgan fingerprint density at radius 1 is 0.677 bits per heavy atom. The molecule has 1 aromatic heterocycles. The number of anilines is 3. The summed E-state index contributed by atoms with van der Waals surface area (Å²) in [4.78, 5) is 18.8. The zero-order valence-electron chi connectivity index (χ0n) is 17.5.